The molecule has 20 heavy (non-hydrogen) atoms. The average Bonchev–Trinajstić information content (AvgIpc) is 2.45. The third-order valence-corrected chi connectivity index (χ3v) is 3.26. The molecule has 0 saturated heterocycles. The third-order valence-electron chi connectivity index (χ3n) is 3.26. The normalized spacial score (nSPS) is 12.4. The van der Waals surface area contributed by atoms with E-state index in [4.69, 9.17) is 0 Å². The first kappa shape index (κ1) is 14.3. The lowest BCUT2D eigenvalue weighted by atomic mass is 10.0. The number of hydrogen-bond donors (Lipinski definition) is 0. The van der Waals surface area contributed by atoms with E-state index in [1.54, 1.807) is 0 Å². The van der Waals surface area contributed by atoms with Gasteiger partial charge in [-0.05, 0) is 33.9 Å². The molecule has 0 N–H and O–H groups in total. The lowest BCUT2D eigenvalue weighted by molar-refractivity contribution is 0.828. The second kappa shape index (κ2) is 6.91. The number of hydrogen-bond acceptors (Lipinski definition) is 0. The highest BCUT2D eigenvalue weighted by Crippen LogP contribution is 2.13. The quantitative estimate of drug-likeness (QED) is 0.726. The van der Waals surface area contributed by atoms with Gasteiger partial charge in [0.15, 0.2) is 0 Å². The second-order valence-electron chi connectivity index (χ2n) is 5.36. The van der Waals surface area contributed by atoms with Gasteiger partial charge in [0.25, 0.3) is 0 Å². The van der Waals surface area contributed by atoms with Crippen molar-refractivity contribution in [3.63, 3.8) is 0 Å². The molecular formula is C20H22. The highest BCUT2D eigenvalue weighted by molar-refractivity contribution is 5.65. The van der Waals surface area contributed by atoms with Crippen LogP contribution in [0.15, 0.2) is 60.7 Å². The Bertz CT molecular complexity index is 676. The highest BCUT2D eigenvalue weighted by Gasteiger charge is 1.98. The Balaban J connectivity index is 2.42. The van der Waals surface area contributed by atoms with Crippen LogP contribution < -0.4 is 10.4 Å². The van der Waals surface area contributed by atoms with E-state index in [1.807, 2.05) is 6.07 Å². The van der Waals surface area contributed by atoms with Gasteiger partial charge in [-0.25, -0.2) is 0 Å². The van der Waals surface area contributed by atoms with Crippen LogP contribution >= 0.6 is 0 Å². The minimum absolute atomic E-state index is 0.604. The molecule has 0 saturated carbocycles. The fraction of sp³-hybridized carbons (Fsp3) is 0.200. The van der Waals surface area contributed by atoms with Gasteiger partial charge in [-0.15, -0.1) is 0 Å². The van der Waals surface area contributed by atoms with Gasteiger partial charge in [-0.3, -0.25) is 0 Å². The number of benzene rings is 2. The zero-order valence-corrected chi connectivity index (χ0v) is 12.3. The highest BCUT2D eigenvalue weighted by atomic mass is 14.0. The molecule has 0 atom stereocenters. The molecule has 0 aromatic heterocycles. The first-order valence-electron chi connectivity index (χ1n) is 7.18. The van der Waals surface area contributed by atoms with Gasteiger partial charge in [0.1, 0.15) is 0 Å². The Morgan fingerprint density at radius 2 is 1.75 bits per heavy atom. The molecular weight excluding hydrogens is 240 g/mol. The number of rotatable bonds is 4. The van der Waals surface area contributed by atoms with Crippen LogP contribution in [0.3, 0.4) is 0 Å². The summed E-state index contributed by atoms with van der Waals surface area (Å²) in [5, 5.41) is 2.33. The van der Waals surface area contributed by atoms with Crippen LogP contribution in [0.5, 0.6) is 0 Å². The lowest BCUT2D eigenvalue weighted by Gasteiger charge is -2.03. The zero-order chi connectivity index (χ0) is 14.4. The monoisotopic (exact) mass is 262 g/mol. The van der Waals surface area contributed by atoms with Gasteiger partial charge in [0.2, 0.25) is 0 Å². The molecule has 2 aromatic rings. The van der Waals surface area contributed by atoms with Crippen LogP contribution in [0.1, 0.15) is 20.3 Å². The van der Waals surface area contributed by atoms with Crippen molar-refractivity contribution >= 4 is 12.7 Å². The van der Waals surface area contributed by atoms with Gasteiger partial charge < -0.3 is 0 Å². The summed E-state index contributed by atoms with van der Waals surface area (Å²) in [6.45, 7) is 8.56. The summed E-state index contributed by atoms with van der Waals surface area (Å²) in [5.74, 6) is 0.604. The van der Waals surface area contributed by atoms with Crippen molar-refractivity contribution in [3.8, 4) is 11.1 Å². The standard InChI is InChI=1S/C20H22/c1-16(2)10-7-8-14-19-17(3)11-9-15-20(19)18-12-5-4-6-13-18/h4-7,9-16H,3,8H2,1-2H3/b10-7-,19-14+. The van der Waals surface area contributed by atoms with Crippen molar-refractivity contribution < 1.29 is 0 Å². The van der Waals surface area contributed by atoms with Crippen LogP contribution in [0.25, 0.3) is 23.8 Å². The summed E-state index contributed by atoms with van der Waals surface area (Å²) >= 11 is 0. The van der Waals surface area contributed by atoms with Gasteiger partial charge in [0, 0.05) is 0 Å². The van der Waals surface area contributed by atoms with Crippen molar-refractivity contribution in [1.29, 1.82) is 0 Å². The van der Waals surface area contributed by atoms with Crippen LogP contribution in [0, 0.1) is 5.92 Å². The van der Waals surface area contributed by atoms with Crippen molar-refractivity contribution in [3.05, 3.63) is 71.1 Å². The maximum atomic E-state index is 4.17. The van der Waals surface area contributed by atoms with E-state index in [-0.39, 0.29) is 0 Å². The fourth-order valence-electron chi connectivity index (χ4n) is 2.26. The molecule has 0 aliphatic rings. The van der Waals surface area contributed by atoms with E-state index in [0.717, 1.165) is 11.6 Å². The molecule has 0 heteroatoms. The SMILES string of the molecule is C=c1cccc(-c2ccccc2)/c1=C/C/C=C\C(C)C. The number of allylic oxidation sites excluding steroid dienone is 2. The summed E-state index contributed by atoms with van der Waals surface area (Å²) in [4.78, 5) is 0. The summed E-state index contributed by atoms with van der Waals surface area (Å²) < 4.78 is 0. The minimum atomic E-state index is 0.604. The zero-order valence-electron chi connectivity index (χ0n) is 12.3. The molecule has 0 aliphatic carbocycles. The van der Waals surface area contributed by atoms with E-state index >= 15 is 0 Å². The van der Waals surface area contributed by atoms with Gasteiger partial charge in [-0.2, -0.15) is 0 Å². The lowest BCUT2D eigenvalue weighted by Crippen LogP contribution is -2.24. The molecule has 102 valence electrons. The predicted molar refractivity (Wildman–Crippen MR) is 89.7 cm³/mol. The van der Waals surface area contributed by atoms with Gasteiger partial charge in [-0.1, -0.05) is 87.2 Å². The van der Waals surface area contributed by atoms with Crippen LogP contribution in [0.2, 0.25) is 0 Å². The maximum Gasteiger partial charge on any atom is -0.0109 e. The van der Waals surface area contributed by atoms with Crippen LogP contribution in [0.4, 0.5) is 0 Å². The topological polar surface area (TPSA) is 0 Å². The van der Waals surface area contributed by atoms with E-state index in [9.17, 15) is 0 Å². The first-order chi connectivity index (χ1) is 9.68. The molecule has 0 spiro atoms. The Kier molecular flexibility index (Phi) is 4.95. The molecule has 0 bridgehead atoms. The molecule has 0 amide bonds. The van der Waals surface area contributed by atoms with Crippen molar-refractivity contribution in [2.24, 2.45) is 5.92 Å². The molecule has 0 heterocycles. The minimum Gasteiger partial charge on any atom is -0.0911 e. The predicted octanol–water partition coefficient (Wildman–Crippen LogP) is 4.15. The second-order valence-corrected chi connectivity index (χ2v) is 5.36. The van der Waals surface area contributed by atoms with E-state index in [0.29, 0.717) is 5.92 Å². The largest absolute Gasteiger partial charge is 0.0911 e. The summed E-state index contributed by atoms with van der Waals surface area (Å²) in [6.07, 6.45) is 7.68. The Morgan fingerprint density at radius 3 is 2.45 bits per heavy atom. The Hall–Kier alpha value is -2.08. The molecule has 0 fully saturated rings. The molecule has 0 unspecified atom stereocenters. The summed E-state index contributed by atoms with van der Waals surface area (Å²) in [7, 11) is 0. The van der Waals surface area contributed by atoms with Gasteiger partial charge >= 0.3 is 0 Å². The summed E-state index contributed by atoms with van der Waals surface area (Å²) in [6, 6.07) is 16.8. The van der Waals surface area contributed by atoms with Crippen molar-refractivity contribution in [1.82, 2.24) is 0 Å². The third kappa shape index (κ3) is 3.71. The Labute approximate surface area is 121 Å². The van der Waals surface area contributed by atoms with E-state index in [2.05, 4.69) is 81.1 Å². The first-order valence-corrected chi connectivity index (χ1v) is 7.18. The van der Waals surface area contributed by atoms with E-state index in [1.165, 1.54) is 16.3 Å². The van der Waals surface area contributed by atoms with Crippen LogP contribution in [-0.2, 0) is 0 Å². The molecule has 0 aliphatic heterocycles. The maximum absolute atomic E-state index is 4.17. The Morgan fingerprint density at radius 1 is 1.00 bits per heavy atom. The molecule has 2 aromatic carbocycles. The average molecular weight is 262 g/mol. The molecule has 2 rings (SSSR count). The van der Waals surface area contributed by atoms with Crippen molar-refractivity contribution in [2.45, 2.75) is 20.3 Å². The molecule has 0 radical (unpaired) electrons. The smallest absolute Gasteiger partial charge is 0.0109 e. The van der Waals surface area contributed by atoms with Gasteiger partial charge in [0.05, 0.1) is 0 Å². The van der Waals surface area contributed by atoms with E-state index < -0.39 is 0 Å². The van der Waals surface area contributed by atoms with Crippen molar-refractivity contribution in [2.75, 3.05) is 0 Å². The summed E-state index contributed by atoms with van der Waals surface area (Å²) in [5.41, 5.74) is 2.51. The molecule has 0 nitrogen and oxygen atoms in total. The fourth-order valence-corrected chi connectivity index (χ4v) is 2.26. The van der Waals surface area contributed by atoms with Crippen LogP contribution in [-0.4, -0.2) is 0 Å².